The van der Waals surface area contributed by atoms with Crippen molar-refractivity contribution in [2.24, 2.45) is 0 Å². The highest BCUT2D eigenvalue weighted by Gasteiger charge is 2.24. The molecule has 3 rings (SSSR count). The summed E-state index contributed by atoms with van der Waals surface area (Å²) in [7, 11) is 0. The minimum Gasteiger partial charge on any atom is -0.372 e. The molecule has 1 N–H and O–H groups in total. The Morgan fingerprint density at radius 1 is 1.35 bits per heavy atom. The monoisotopic (exact) mass is 319 g/mol. The number of hydrogen-bond donors (Lipinski definition) is 1. The number of ether oxygens (including phenoxy) is 2. The van der Waals surface area contributed by atoms with Gasteiger partial charge in [0.15, 0.2) is 0 Å². The van der Waals surface area contributed by atoms with Gasteiger partial charge in [0.25, 0.3) is 0 Å². The number of morpholine rings is 1. The quantitative estimate of drug-likeness (QED) is 0.911. The smallest absolute Gasteiger partial charge is 0.249 e. The van der Waals surface area contributed by atoms with Crippen LogP contribution in [0.4, 0.5) is 5.82 Å². The third kappa shape index (κ3) is 4.20. The molecule has 6 nitrogen and oxygen atoms in total. The van der Waals surface area contributed by atoms with E-state index < -0.39 is 0 Å². The topological polar surface area (TPSA) is 63.7 Å². The van der Waals surface area contributed by atoms with Crippen LogP contribution in [-0.4, -0.2) is 48.9 Å². The van der Waals surface area contributed by atoms with E-state index in [-0.39, 0.29) is 24.2 Å². The molecule has 23 heavy (non-hydrogen) atoms. The van der Waals surface area contributed by atoms with Gasteiger partial charge in [0.05, 0.1) is 12.2 Å². The fourth-order valence-electron chi connectivity index (χ4n) is 3.16. The fraction of sp³-hybridized carbons (Fsp3) is 0.647. The van der Waals surface area contributed by atoms with Gasteiger partial charge >= 0.3 is 0 Å². The number of aromatic nitrogens is 1. The van der Waals surface area contributed by atoms with E-state index in [4.69, 9.17) is 9.47 Å². The number of nitrogens with zero attached hydrogens (tertiary/aromatic N) is 2. The van der Waals surface area contributed by atoms with Gasteiger partial charge in [-0.1, -0.05) is 6.07 Å². The van der Waals surface area contributed by atoms with Gasteiger partial charge in [-0.2, -0.15) is 0 Å². The number of hydrogen-bond acceptors (Lipinski definition) is 5. The summed E-state index contributed by atoms with van der Waals surface area (Å²) < 4.78 is 11.1. The first-order valence-electron chi connectivity index (χ1n) is 8.36. The number of nitrogens with one attached hydrogen (secondary N) is 1. The van der Waals surface area contributed by atoms with Gasteiger partial charge in [0.2, 0.25) is 5.91 Å². The summed E-state index contributed by atoms with van der Waals surface area (Å²) in [5.41, 5.74) is 0.995. The molecule has 1 aromatic heterocycles. The lowest BCUT2D eigenvalue weighted by molar-refractivity contribution is -0.130. The Morgan fingerprint density at radius 2 is 2.13 bits per heavy atom. The number of carbonyl (C=O) groups excluding carboxylic acids is 1. The molecule has 3 heterocycles. The second-order valence-electron chi connectivity index (χ2n) is 6.41. The summed E-state index contributed by atoms with van der Waals surface area (Å²) >= 11 is 0. The molecule has 0 radical (unpaired) electrons. The molecular weight excluding hydrogens is 294 g/mol. The van der Waals surface area contributed by atoms with Crippen molar-refractivity contribution >= 4 is 11.7 Å². The van der Waals surface area contributed by atoms with Crippen molar-refractivity contribution in [3.05, 3.63) is 23.9 Å². The average molecular weight is 319 g/mol. The Morgan fingerprint density at radius 3 is 2.74 bits per heavy atom. The minimum atomic E-state index is -0.279. The molecular formula is C17H25N3O3. The van der Waals surface area contributed by atoms with Crippen molar-refractivity contribution in [3.63, 3.8) is 0 Å². The zero-order valence-electron chi connectivity index (χ0n) is 13.8. The predicted molar refractivity (Wildman–Crippen MR) is 87.3 cm³/mol. The zero-order valence-corrected chi connectivity index (χ0v) is 13.8. The van der Waals surface area contributed by atoms with Crippen molar-refractivity contribution in [3.8, 4) is 0 Å². The maximum Gasteiger partial charge on any atom is 0.249 e. The summed E-state index contributed by atoms with van der Waals surface area (Å²) in [6.07, 6.45) is 3.76. The zero-order chi connectivity index (χ0) is 16.2. The van der Waals surface area contributed by atoms with Gasteiger partial charge in [0.1, 0.15) is 11.9 Å². The standard InChI is InChI=1S/C17H25N3O3/c1-12-10-20(11-13(2)23-12)16-6-5-14(8-18-16)9-19-17(21)15-4-3-7-22-15/h5-6,8,12-13,15H,3-4,7,9-11H2,1-2H3,(H,19,21)/t12-,13+,15-/m1/s1. The maximum absolute atomic E-state index is 11.9. The molecule has 2 fully saturated rings. The summed E-state index contributed by atoms with van der Waals surface area (Å²) in [4.78, 5) is 18.7. The highest BCUT2D eigenvalue weighted by atomic mass is 16.5. The molecule has 2 aliphatic heterocycles. The molecule has 0 unspecified atom stereocenters. The van der Waals surface area contributed by atoms with Gasteiger partial charge in [-0.25, -0.2) is 4.98 Å². The molecule has 2 aliphatic rings. The van der Waals surface area contributed by atoms with Crippen LogP contribution in [0.15, 0.2) is 18.3 Å². The summed E-state index contributed by atoms with van der Waals surface area (Å²) in [5.74, 6) is 0.934. The number of carbonyl (C=O) groups is 1. The summed E-state index contributed by atoms with van der Waals surface area (Å²) in [5, 5.41) is 2.92. The SMILES string of the molecule is C[C@@H]1CN(c2ccc(CNC(=O)[C@H]3CCCO3)cn2)C[C@H](C)O1. The van der Waals surface area contributed by atoms with Crippen molar-refractivity contribution < 1.29 is 14.3 Å². The van der Waals surface area contributed by atoms with Gasteiger partial charge in [0, 0.05) is 32.4 Å². The van der Waals surface area contributed by atoms with Crippen LogP contribution < -0.4 is 10.2 Å². The molecule has 2 saturated heterocycles. The molecule has 6 heteroatoms. The first-order chi connectivity index (χ1) is 11.1. The lowest BCUT2D eigenvalue weighted by Crippen LogP contribution is -2.45. The van der Waals surface area contributed by atoms with E-state index in [0.717, 1.165) is 37.3 Å². The van der Waals surface area contributed by atoms with Crippen LogP contribution in [0.5, 0.6) is 0 Å². The second-order valence-corrected chi connectivity index (χ2v) is 6.41. The first kappa shape index (κ1) is 16.2. The van der Waals surface area contributed by atoms with Crippen molar-refractivity contribution in [1.82, 2.24) is 10.3 Å². The number of rotatable bonds is 4. The number of amides is 1. The molecule has 126 valence electrons. The van der Waals surface area contributed by atoms with E-state index in [9.17, 15) is 4.79 Å². The maximum atomic E-state index is 11.9. The average Bonchev–Trinajstić information content (AvgIpc) is 3.07. The van der Waals surface area contributed by atoms with E-state index in [1.165, 1.54) is 0 Å². The van der Waals surface area contributed by atoms with Gasteiger partial charge < -0.3 is 19.7 Å². The third-order valence-electron chi connectivity index (χ3n) is 4.24. The van der Waals surface area contributed by atoms with Gasteiger partial charge in [-0.15, -0.1) is 0 Å². The van der Waals surface area contributed by atoms with E-state index in [1.807, 2.05) is 18.3 Å². The highest BCUT2D eigenvalue weighted by molar-refractivity contribution is 5.80. The van der Waals surface area contributed by atoms with Crippen LogP contribution in [0.3, 0.4) is 0 Å². The molecule has 3 atom stereocenters. The van der Waals surface area contributed by atoms with Crippen molar-refractivity contribution in [2.45, 2.75) is 51.5 Å². The van der Waals surface area contributed by atoms with Crippen molar-refractivity contribution in [2.75, 3.05) is 24.6 Å². The Kier molecular flexibility index (Phi) is 5.13. The molecule has 0 saturated carbocycles. The van der Waals surface area contributed by atoms with E-state index in [1.54, 1.807) is 0 Å². The lowest BCUT2D eigenvalue weighted by Gasteiger charge is -2.36. The molecule has 0 bridgehead atoms. The number of anilines is 1. The largest absolute Gasteiger partial charge is 0.372 e. The molecule has 1 aromatic rings. The van der Waals surface area contributed by atoms with Crippen molar-refractivity contribution in [1.29, 1.82) is 0 Å². The van der Waals surface area contributed by atoms with E-state index >= 15 is 0 Å². The molecule has 0 aliphatic carbocycles. The molecule has 0 aromatic carbocycles. The molecule has 0 spiro atoms. The van der Waals surface area contributed by atoms with Gasteiger partial charge in [-0.3, -0.25) is 4.79 Å². The second kappa shape index (κ2) is 7.27. The van der Waals surface area contributed by atoms with Crippen LogP contribution in [-0.2, 0) is 20.8 Å². The van der Waals surface area contributed by atoms with E-state index in [0.29, 0.717) is 13.2 Å². The van der Waals surface area contributed by atoms with Crippen LogP contribution >= 0.6 is 0 Å². The number of pyridine rings is 1. The fourth-order valence-corrected chi connectivity index (χ4v) is 3.16. The van der Waals surface area contributed by atoms with Crippen LogP contribution in [0.1, 0.15) is 32.3 Å². The van der Waals surface area contributed by atoms with E-state index in [2.05, 4.69) is 29.0 Å². The van der Waals surface area contributed by atoms with Crippen LogP contribution in [0.25, 0.3) is 0 Å². The summed E-state index contributed by atoms with van der Waals surface area (Å²) in [6, 6.07) is 4.03. The van der Waals surface area contributed by atoms with Gasteiger partial charge in [-0.05, 0) is 38.3 Å². The minimum absolute atomic E-state index is 0.0256. The Labute approximate surface area is 137 Å². The Balaban J connectivity index is 1.53. The predicted octanol–water partition coefficient (Wildman–Crippen LogP) is 1.49. The van der Waals surface area contributed by atoms with Crippen LogP contribution in [0, 0.1) is 0 Å². The lowest BCUT2D eigenvalue weighted by atomic mass is 10.2. The Bertz CT molecular complexity index is 518. The normalized spacial score (nSPS) is 27.9. The third-order valence-corrected chi connectivity index (χ3v) is 4.24. The van der Waals surface area contributed by atoms with Crippen LogP contribution in [0.2, 0.25) is 0 Å². The summed E-state index contributed by atoms with van der Waals surface area (Å²) in [6.45, 7) is 7.04. The molecule has 1 amide bonds. The Hall–Kier alpha value is -1.66. The first-order valence-corrected chi connectivity index (χ1v) is 8.36. The highest BCUT2D eigenvalue weighted by Crippen LogP contribution is 2.18.